The van der Waals surface area contributed by atoms with Gasteiger partial charge in [-0.15, -0.1) is 0 Å². The minimum Gasteiger partial charge on any atom is -0.356 e. The van der Waals surface area contributed by atoms with Crippen molar-refractivity contribution in [3.8, 4) is 0 Å². The first kappa shape index (κ1) is 19.5. The van der Waals surface area contributed by atoms with Gasteiger partial charge in [0.05, 0.1) is 12.5 Å². The third-order valence-corrected chi connectivity index (χ3v) is 5.25. The number of benzene rings is 1. The molecule has 3 rings (SSSR count). The molecule has 27 heavy (non-hydrogen) atoms. The molecule has 6 heteroatoms. The van der Waals surface area contributed by atoms with Crippen molar-refractivity contribution >= 4 is 11.8 Å². The van der Waals surface area contributed by atoms with Crippen LogP contribution in [0.4, 0.5) is 4.39 Å². The zero-order valence-electron chi connectivity index (χ0n) is 15.7. The highest BCUT2D eigenvalue weighted by Gasteiger charge is 2.31. The summed E-state index contributed by atoms with van der Waals surface area (Å²) in [6.07, 6.45) is 8.05. The number of nitrogens with one attached hydrogen (secondary N) is 2. The fraction of sp³-hybridized carbons (Fsp3) is 0.524. The summed E-state index contributed by atoms with van der Waals surface area (Å²) in [7, 11) is 0. The molecule has 1 aromatic rings. The number of nitrogens with zero attached hydrogens (tertiary/aromatic N) is 1. The first-order valence-electron chi connectivity index (χ1n) is 9.82. The van der Waals surface area contributed by atoms with Crippen LogP contribution in [0.1, 0.15) is 44.1 Å². The summed E-state index contributed by atoms with van der Waals surface area (Å²) in [5.41, 5.74) is 2.23. The highest BCUT2D eigenvalue weighted by molar-refractivity contribution is 5.88. The van der Waals surface area contributed by atoms with E-state index in [0.29, 0.717) is 26.2 Å². The zero-order valence-corrected chi connectivity index (χ0v) is 15.7. The largest absolute Gasteiger partial charge is 0.356 e. The Morgan fingerprint density at radius 1 is 1.33 bits per heavy atom. The molecular weight excluding hydrogens is 345 g/mol. The summed E-state index contributed by atoms with van der Waals surface area (Å²) in [5.74, 6) is -0.541. The maximum atomic E-state index is 13.4. The second kappa shape index (κ2) is 9.65. The number of hydrogen-bond acceptors (Lipinski definition) is 3. The van der Waals surface area contributed by atoms with Crippen molar-refractivity contribution in [1.82, 2.24) is 15.5 Å². The number of allylic oxidation sites excluding steroid dienone is 1. The van der Waals surface area contributed by atoms with Gasteiger partial charge < -0.3 is 10.6 Å². The Morgan fingerprint density at radius 3 is 3.00 bits per heavy atom. The van der Waals surface area contributed by atoms with Gasteiger partial charge in [0.25, 0.3) is 0 Å². The van der Waals surface area contributed by atoms with Crippen LogP contribution in [0.5, 0.6) is 0 Å². The first-order chi connectivity index (χ1) is 13.1. The zero-order chi connectivity index (χ0) is 19.1. The minimum atomic E-state index is -0.518. The van der Waals surface area contributed by atoms with Crippen LogP contribution in [0.2, 0.25) is 0 Å². The highest BCUT2D eigenvalue weighted by Crippen LogP contribution is 2.19. The van der Waals surface area contributed by atoms with Gasteiger partial charge in [0, 0.05) is 26.2 Å². The molecule has 1 unspecified atom stereocenters. The molecule has 1 fully saturated rings. The summed E-state index contributed by atoms with van der Waals surface area (Å²) in [5, 5.41) is 5.77. The van der Waals surface area contributed by atoms with Crippen LogP contribution in [0, 0.1) is 5.82 Å². The van der Waals surface area contributed by atoms with Crippen molar-refractivity contribution in [3.63, 3.8) is 0 Å². The predicted octanol–water partition coefficient (Wildman–Crippen LogP) is 2.52. The molecule has 1 aliphatic carbocycles. The molecule has 2 aliphatic rings. The Morgan fingerprint density at radius 2 is 2.22 bits per heavy atom. The van der Waals surface area contributed by atoms with Crippen molar-refractivity contribution in [2.75, 3.05) is 19.6 Å². The smallest absolute Gasteiger partial charge is 0.237 e. The fourth-order valence-corrected chi connectivity index (χ4v) is 3.79. The molecule has 0 bridgehead atoms. The summed E-state index contributed by atoms with van der Waals surface area (Å²) < 4.78 is 13.4. The van der Waals surface area contributed by atoms with E-state index in [9.17, 15) is 14.0 Å². The van der Waals surface area contributed by atoms with E-state index in [2.05, 4.69) is 16.7 Å². The maximum Gasteiger partial charge on any atom is 0.237 e. The normalized spacial score (nSPS) is 20.7. The number of carbonyl (C=O) groups is 2. The van der Waals surface area contributed by atoms with E-state index >= 15 is 0 Å². The van der Waals surface area contributed by atoms with E-state index < -0.39 is 6.04 Å². The van der Waals surface area contributed by atoms with Crippen molar-refractivity contribution in [1.29, 1.82) is 0 Å². The third-order valence-electron chi connectivity index (χ3n) is 5.25. The van der Waals surface area contributed by atoms with E-state index in [0.717, 1.165) is 24.8 Å². The topological polar surface area (TPSA) is 61.4 Å². The third kappa shape index (κ3) is 5.89. The van der Waals surface area contributed by atoms with Gasteiger partial charge in [0.15, 0.2) is 0 Å². The standard InChI is InChI=1S/C21H28FN3O2/c22-18-8-4-7-17(13-18)15-25-12-11-24-21(27)19(25)14-20(26)23-10-9-16-5-2-1-3-6-16/h4-5,7-8,13,19H,1-3,6,9-12,14-15H2,(H,23,26)(H,24,27). The van der Waals surface area contributed by atoms with Crippen LogP contribution in [0.25, 0.3) is 0 Å². The lowest BCUT2D eigenvalue weighted by Crippen LogP contribution is -2.56. The second-order valence-corrected chi connectivity index (χ2v) is 7.32. The SMILES string of the molecule is O=C(CC1C(=O)NCCN1Cc1cccc(F)c1)NCCC1=CCCCC1. The summed E-state index contributed by atoms with van der Waals surface area (Å²) >= 11 is 0. The van der Waals surface area contributed by atoms with Crippen LogP contribution in [0.15, 0.2) is 35.9 Å². The van der Waals surface area contributed by atoms with Crippen LogP contribution < -0.4 is 10.6 Å². The average Bonchev–Trinajstić information content (AvgIpc) is 2.65. The number of rotatable bonds is 7. The number of halogens is 1. The van der Waals surface area contributed by atoms with Crippen molar-refractivity contribution in [3.05, 3.63) is 47.3 Å². The molecule has 146 valence electrons. The van der Waals surface area contributed by atoms with Gasteiger partial charge in [-0.2, -0.15) is 0 Å². The molecule has 1 atom stereocenters. The van der Waals surface area contributed by atoms with Crippen LogP contribution in [-0.2, 0) is 16.1 Å². The molecule has 0 radical (unpaired) electrons. The van der Waals surface area contributed by atoms with E-state index in [1.807, 2.05) is 11.0 Å². The van der Waals surface area contributed by atoms with Crippen molar-refractivity contribution < 1.29 is 14.0 Å². The quantitative estimate of drug-likeness (QED) is 0.722. The fourth-order valence-electron chi connectivity index (χ4n) is 3.79. The molecule has 2 N–H and O–H groups in total. The number of carbonyl (C=O) groups excluding carboxylic acids is 2. The van der Waals surface area contributed by atoms with Gasteiger partial charge in [0.2, 0.25) is 11.8 Å². The lowest BCUT2D eigenvalue weighted by molar-refractivity contribution is -0.134. The van der Waals surface area contributed by atoms with Gasteiger partial charge in [-0.05, 0) is 49.8 Å². The first-order valence-corrected chi connectivity index (χ1v) is 9.82. The Bertz CT molecular complexity index is 704. The molecule has 1 saturated heterocycles. The molecule has 0 aromatic heterocycles. The Hall–Kier alpha value is -2.21. The van der Waals surface area contributed by atoms with Crippen LogP contribution in [0.3, 0.4) is 0 Å². The summed E-state index contributed by atoms with van der Waals surface area (Å²) in [6, 6.07) is 5.86. The molecule has 0 saturated carbocycles. The van der Waals surface area contributed by atoms with Crippen LogP contribution in [-0.4, -0.2) is 42.4 Å². The molecule has 1 aromatic carbocycles. The molecular formula is C21H28FN3O2. The summed E-state index contributed by atoms with van der Waals surface area (Å²) in [4.78, 5) is 26.6. The Labute approximate surface area is 160 Å². The monoisotopic (exact) mass is 373 g/mol. The Balaban J connectivity index is 1.52. The highest BCUT2D eigenvalue weighted by atomic mass is 19.1. The van der Waals surface area contributed by atoms with Gasteiger partial charge in [-0.1, -0.05) is 23.8 Å². The van der Waals surface area contributed by atoms with Crippen LogP contribution >= 0.6 is 0 Å². The number of amides is 2. The number of hydrogen-bond donors (Lipinski definition) is 2. The second-order valence-electron chi connectivity index (χ2n) is 7.32. The van der Waals surface area contributed by atoms with E-state index in [-0.39, 0.29) is 24.1 Å². The predicted molar refractivity (Wildman–Crippen MR) is 102 cm³/mol. The van der Waals surface area contributed by atoms with E-state index in [1.165, 1.54) is 30.5 Å². The number of piperazine rings is 1. The van der Waals surface area contributed by atoms with Crippen molar-refractivity contribution in [2.24, 2.45) is 0 Å². The van der Waals surface area contributed by atoms with E-state index in [4.69, 9.17) is 0 Å². The molecule has 2 amide bonds. The van der Waals surface area contributed by atoms with Crippen molar-refractivity contribution in [2.45, 2.75) is 51.1 Å². The summed E-state index contributed by atoms with van der Waals surface area (Å²) in [6.45, 7) is 2.26. The molecule has 0 spiro atoms. The minimum absolute atomic E-state index is 0.113. The van der Waals surface area contributed by atoms with E-state index in [1.54, 1.807) is 6.07 Å². The lowest BCUT2D eigenvalue weighted by atomic mass is 9.97. The van der Waals surface area contributed by atoms with Gasteiger partial charge >= 0.3 is 0 Å². The average molecular weight is 373 g/mol. The van der Waals surface area contributed by atoms with Gasteiger partial charge in [0.1, 0.15) is 5.82 Å². The lowest BCUT2D eigenvalue weighted by Gasteiger charge is -2.34. The molecule has 1 aliphatic heterocycles. The van der Waals surface area contributed by atoms with Gasteiger partial charge in [-0.3, -0.25) is 14.5 Å². The molecule has 1 heterocycles. The van der Waals surface area contributed by atoms with Gasteiger partial charge in [-0.25, -0.2) is 4.39 Å². The molecule has 5 nitrogen and oxygen atoms in total. The Kier molecular flexibility index (Phi) is 6.98. The maximum absolute atomic E-state index is 13.4.